The Bertz CT molecular complexity index is 1260. The van der Waals surface area contributed by atoms with E-state index < -0.39 is 17.6 Å². The molecule has 37 heavy (non-hydrogen) atoms. The summed E-state index contributed by atoms with van der Waals surface area (Å²) in [5.41, 5.74) is 1.25. The highest BCUT2D eigenvalue weighted by Crippen LogP contribution is 2.28. The molecule has 4 rings (SSSR count). The number of nitrogens with one attached hydrogen (secondary N) is 1. The number of nitrogens with zero attached hydrogens (tertiary/aromatic N) is 3. The molecule has 1 amide bonds. The Balaban J connectivity index is 1.39. The van der Waals surface area contributed by atoms with E-state index in [0.29, 0.717) is 35.6 Å². The summed E-state index contributed by atoms with van der Waals surface area (Å²) in [6.07, 6.45) is 2.63. The average molecular weight is 509 g/mol. The SMILES string of the molecule is CCCN1CCN(C(=O)c2ccc(NCc3ccc(-c4cccc(F)c4C(=O)OC)cc3F)nc2)CC1. The van der Waals surface area contributed by atoms with Crippen LogP contribution in [0.5, 0.6) is 0 Å². The van der Waals surface area contributed by atoms with Gasteiger partial charge in [-0.25, -0.2) is 18.6 Å². The van der Waals surface area contributed by atoms with Crippen molar-refractivity contribution in [1.29, 1.82) is 0 Å². The second-order valence-electron chi connectivity index (χ2n) is 8.88. The fourth-order valence-corrected chi connectivity index (χ4v) is 4.42. The van der Waals surface area contributed by atoms with E-state index >= 15 is 0 Å². The second-order valence-corrected chi connectivity index (χ2v) is 8.88. The minimum atomic E-state index is -0.828. The molecular weight excluding hydrogens is 478 g/mol. The number of ether oxygens (including phenoxy) is 1. The van der Waals surface area contributed by atoms with Crippen molar-refractivity contribution in [2.45, 2.75) is 19.9 Å². The van der Waals surface area contributed by atoms with Crippen molar-refractivity contribution < 1.29 is 23.1 Å². The summed E-state index contributed by atoms with van der Waals surface area (Å²) in [7, 11) is 1.17. The highest BCUT2D eigenvalue weighted by atomic mass is 19.1. The molecule has 3 aromatic rings. The van der Waals surface area contributed by atoms with Crippen molar-refractivity contribution in [2.24, 2.45) is 0 Å². The summed E-state index contributed by atoms with van der Waals surface area (Å²) < 4.78 is 33.8. The minimum Gasteiger partial charge on any atom is -0.465 e. The van der Waals surface area contributed by atoms with E-state index in [-0.39, 0.29) is 23.6 Å². The van der Waals surface area contributed by atoms with Crippen LogP contribution in [0.1, 0.15) is 39.6 Å². The zero-order valence-corrected chi connectivity index (χ0v) is 21.0. The second kappa shape index (κ2) is 11.9. The topological polar surface area (TPSA) is 74.8 Å². The highest BCUT2D eigenvalue weighted by Gasteiger charge is 2.22. The molecule has 194 valence electrons. The van der Waals surface area contributed by atoms with E-state index in [9.17, 15) is 18.4 Å². The molecule has 7 nitrogen and oxygen atoms in total. The number of hydrogen-bond donors (Lipinski definition) is 1. The van der Waals surface area contributed by atoms with E-state index in [0.717, 1.165) is 32.1 Å². The van der Waals surface area contributed by atoms with Gasteiger partial charge >= 0.3 is 5.97 Å². The normalized spacial score (nSPS) is 13.9. The molecule has 1 aromatic heterocycles. The molecule has 1 saturated heterocycles. The Morgan fingerprint density at radius 3 is 2.46 bits per heavy atom. The molecule has 0 aliphatic carbocycles. The van der Waals surface area contributed by atoms with Crippen molar-refractivity contribution in [2.75, 3.05) is 45.2 Å². The number of hydrogen-bond acceptors (Lipinski definition) is 6. The number of rotatable bonds is 8. The smallest absolute Gasteiger partial charge is 0.341 e. The number of amides is 1. The molecule has 9 heteroatoms. The number of anilines is 1. The third-order valence-electron chi connectivity index (χ3n) is 6.44. The maximum Gasteiger partial charge on any atom is 0.341 e. The quantitative estimate of drug-likeness (QED) is 0.449. The Kier molecular flexibility index (Phi) is 8.45. The van der Waals surface area contributed by atoms with Crippen molar-refractivity contribution in [3.8, 4) is 11.1 Å². The number of carbonyl (C=O) groups excluding carboxylic acids is 2. The Morgan fingerprint density at radius 2 is 1.81 bits per heavy atom. The standard InChI is InChI=1S/C28H30F2N4O3/c1-3-11-33-12-14-34(15-13-33)27(35)21-9-10-25(32-18-21)31-17-20-8-7-19(16-24(20)30)22-5-4-6-23(29)26(22)28(36)37-2/h4-10,16,18H,3,11-15,17H2,1-2H3,(H,31,32). The van der Waals surface area contributed by atoms with Gasteiger partial charge in [-0.3, -0.25) is 9.69 Å². The Morgan fingerprint density at radius 1 is 1.03 bits per heavy atom. The molecule has 2 heterocycles. The predicted molar refractivity (Wildman–Crippen MR) is 137 cm³/mol. The fraction of sp³-hybridized carbons (Fsp3) is 0.321. The van der Waals surface area contributed by atoms with Crippen LogP contribution < -0.4 is 5.32 Å². The van der Waals surface area contributed by atoms with Gasteiger partial charge in [-0.1, -0.05) is 31.2 Å². The van der Waals surface area contributed by atoms with Gasteiger partial charge < -0.3 is 15.0 Å². The van der Waals surface area contributed by atoms with Crippen molar-refractivity contribution in [1.82, 2.24) is 14.8 Å². The lowest BCUT2D eigenvalue weighted by Crippen LogP contribution is -2.48. The molecule has 1 aliphatic rings. The van der Waals surface area contributed by atoms with Crippen LogP contribution in [0, 0.1) is 11.6 Å². The zero-order chi connectivity index (χ0) is 26.4. The fourth-order valence-electron chi connectivity index (χ4n) is 4.42. The van der Waals surface area contributed by atoms with Crippen LogP contribution in [0.3, 0.4) is 0 Å². The van der Waals surface area contributed by atoms with Gasteiger partial charge in [0, 0.05) is 44.5 Å². The van der Waals surface area contributed by atoms with Gasteiger partial charge in [0.1, 0.15) is 23.0 Å². The summed E-state index contributed by atoms with van der Waals surface area (Å²) in [6.45, 7) is 6.50. The van der Waals surface area contributed by atoms with Crippen molar-refractivity contribution >= 4 is 17.7 Å². The van der Waals surface area contributed by atoms with Crippen LogP contribution in [0.15, 0.2) is 54.7 Å². The molecule has 1 N–H and O–H groups in total. The molecule has 0 unspecified atom stereocenters. The van der Waals surface area contributed by atoms with E-state index in [4.69, 9.17) is 0 Å². The van der Waals surface area contributed by atoms with Crippen LogP contribution in [-0.2, 0) is 11.3 Å². The Labute approximate surface area is 215 Å². The first-order valence-electron chi connectivity index (χ1n) is 12.3. The van der Waals surface area contributed by atoms with E-state index in [1.807, 2.05) is 4.90 Å². The van der Waals surface area contributed by atoms with E-state index in [2.05, 4.69) is 26.9 Å². The van der Waals surface area contributed by atoms with Crippen molar-refractivity contribution in [3.05, 3.63) is 83.1 Å². The van der Waals surface area contributed by atoms with Gasteiger partial charge in [-0.15, -0.1) is 0 Å². The monoisotopic (exact) mass is 508 g/mol. The van der Waals surface area contributed by atoms with Gasteiger partial charge in [0.25, 0.3) is 5.91 Å². The molecule has 2 aromatic carbocycles. The summed E-state index contributed by atoms with van der Waals surface area (Å²) >= 11 is 0. The zero-order valence-electron chi connectivity index (χ0n) is 21.0. The van der Waals surface area contributed by atoms with Crippen LogP contribution in [0.2, 0.25) is 0 Å². The van der Waals surface area contributed by atoms with Gasteiger partial charge in [0.2, 0.25) is 0 Å². The lowest BCUT2D eigenvalue weighted by molar-refractivity contribution is 0.0595. The Hall–Kier alpha value is -3.85. The number of carbonyl (C=O) groups is 2. The predicted octanol–water partition coefficient (Wildman–Crippen LogP) is 4.59. The molecule has 0 bridgehead atoms. The van der Waals surface area contributed by atoms with Crippen LogP contribution >= 0.6 is 0 Å². The first-order chi connectivity index (χ1) is 17.9. The van der Waals surface area contributed by atoms with Crippen LogP contribution in [0.25, 0.3) is 11.1 Å². The highest BCUT2D eigenvalue weighted by molar-refractivity contribution is 5.97. The number of halogens is 2. The summed E-state index contributed by atoms with van der Waals surface area (Å²) in [4.78, 5) is 33.4. The maximum absolute atomic E-state index is 14.9. The average Bonchev–Trinajstić information content (AvgIpc) is 2.92. The van der Waals surface area contributed by atoms with Gasteiger partial charge in [0.15, 0.2) is 0 Å². The van der Waals surface area contributed by atoms with Crippen LogP contribution in [-0.4, -0.2) is 66.5 Å². The molecule has 0 saturated carbocycles. The number of methoxy groups -OCH3 is 1. The van der Waals surface area contributed by atoms with Gasteiger partial charge in [-0.2, -0.15) is 0 Å². The third-order valence-corrected chi connectivity index (χ3v) is 6.44. The lowest BCUT2D eigenvalue weighted by Gasteiger charge is -2.34. The van der Waals surface area contributed by atoms with Crippen molar-refractivity contribution in [3.63, 3.8) is 0 Å². The third kappa shape index (κ3) is 6.11. The minimum absolute atomic E-state index is 0.0412. The molecule has 0 radical (unpaired) electrons. The first-order valence-corrected chi connectivity index (χ1v) is 12.3. The summed E-state index contributed by atoms with van der Waals surface area (Å²) in [6, 6.07) is 12.0. The number of aromatic nitrogens is 1. The number of piperazine rings is 1. The summed E-state index contributed by atoms with van der Waals surface area (Å²) in [5, 5.41) is 3.06. The van der Waals surface area contributed by atoms with E-state index in [1.165, 1.54) is 25.4 Å². The number of benzene rings is 2. The van der Waals surface area contributed by atoms with Crippen LogP contribution in [0.4, 0.5) is 14.6 Å². The van der Waals surface area contributed by atoms with Gasteiger partial charge in [-0.05, 0) is 48.4 Å². The number of esters is 1. The largest absolute Gasteiger partial charge is 0.465 e. The van der Waals surface area contributed by atoms with Gasteiger partial charge in [0.05, 0.1) is 12.7 Å². The molecule has 1 aliphatic heterocycles. The lowest BCUT2D eigenvalue weighted by atomic mass is 9.98. The molecule has 0 spiro atoms. The van der Waals surface area contributed by atoms with E-state index in [1.54, 1.807) is 30.3 Å². The molecular formula is C28H30F2N4O3. The number of pyridine rings is 1. The molecule has 0 atom stereocenters. The first kappa shape index (κ1) is 26.2. The summed E-state index contributed by atoms with van der Waals surface area (Å²) in [5.74, 6) is -1.61. The maximum atomic E-state index is 14.9. The molecule has 1 fully saturated rings.